The van der Waals surface area contributed by atoms with Gasteiger partial charge in [0, 0.05) is 0 Å². The summed E-state index contributed by atoms with van der Waals surface area (Å²) in [6, 6.07) is 0. The molecule has 0 aliphatic carbocycles. The Kier molecular flexibility index (Phi) is 8.34. The van der Waals surface area contributed by atoms with Gasteiger partial charge in [0.25, 0.3) is 0 Å². The first-order valence-electron chi connectivity index (χ1n) is 7.55. The summed E-state index contributed by atoms with van der Waals surface area (Å²) in [4.78, 5) is 38.1. The van der Waals surface area contributed by atoms with Crippen LogP contribution in [0, 0.1) is 0 Å². The summed E-state index contributed by atoms with van der Waals surface area (Å²) in [6.07, 6.45) is -3.20. The monoisotopic (exact) mass is 511 g/mol. The number of rotatable bonds is 6. The van der Waals surface area contributed by atoms with E-state index in [4.69, 9.17) is 28.0 Å². The number of nitrogens with zero attached hydrogens (tertiary/aromatic N) is 4. The van der Waals surface area contributed by atoms with Gasteiger partial charge in [-0.1, -0.05) is 0 Å². The van der Waals surface area contributed by atoms with Crippen molar-refractivity contribution in [3.05, 3.63) is 12.7 Å². The normalized spacial score (nSPS) is 26.1. The van der Waals surface area contributed by atoms with Gasteiger partial charge >= 0.3 is 39.9 Å². The van der Waals surface area contributed by atoms with Crippen molar-refractivity contribution in [2.24, 2.45) is 0 Å². The van der Waals surface area contributed by atoms with E-state index in [1.807, 2.05) is 0 Å². The fourth-order valence-corrected chi connectivity index (χ4v) is 4.08. The number of anilines is 1. The Labute approximate surface area is 174 Å². The van der Waals surface area contributed by atoms with Crippen LogP contribution in [0.25, 0.3) is 11.2 Å². The van der Waals surface area contributed by atoms with Gasteiger partial charge in [-0.05, 0) is 0 Å². The number of phosphoric acid groups is 2. The molecule has 1 unspecified atom stereocenters. The van der Waals surface area contributed by atoms with Gasteiger partial charge in [0.2, 0.25) is 0 Å². The number of aliphatic hydroxyl groups is 2. The fourth-order valence-electron chi connectivity index (χ4n) is 2.48. The number of aromatic nitrogens is 4. The molecule has 2 aromatic heterocycles. The molecule has 3 heterocycles. The molecule has 1 aliphatic rings. The summed E-state index contributed by atoms with van der Waals surface area (Å²) >= 11 is -1.56. The second kappa shape index (κ2) is 9.97. The molecule has 20 heteroatoms. The standard InChI is InChI=1S/C10H15N5O10P2.H2O.O.V/c11-8-5-9(13-2-12-8)15(3-14-5)10-7(17)6(16)4(24-10)1-23-27(21,22)25-26(18,19)20;;;/h2-4,6-7,10,16-17H,1H2,(H,21,22)(H2,11,12,13)(H2,18,19,20);1H2;;/q;;;+1/p-1/t4-,6-,7-,10-;;;/m1.../s1. The van der Waals surface area contributed by atoms with Crippen molar-refractivity contribution in [1.29, 1.82) is 0 Å². The number of hydrogen-bond donors (Lipinski definition) is 7. The van der Waals surface area contributed by atoms with E-state index in [9.17, 15) is 24.2 Å². The molecule has 8 N–H and O–H groups in total. The number of nitrogen functional groups attached to an aromatic ring is 1. The Bertz CT molecular complexity index is 985. The van der Waals surface area contributed by atoms with E-state index >= 15 is 0 Å². The van der Waals surface area contributed by atoms with E-state index in [0.29, 0.717) is 0 Å². The van der Waals surface area contributed by atoms with Crippen LogP contribution < -0.4 is 5.73 Å². The number of fused-ring (bicyclic) bond motifs is 1. The number of imidazole rings is 1. The van der Waals surface area contributed by atoms with Crippen molar-refractivity contribution in [1.82, 2.24) is 19.5 Å². The Hall–Kier alpha value is -1.17. The zero-order valence-electron chi connectivity index (χ0n) is 14.5. The van der Waals surface area contributed by atoms with Crippen LogP contribution in [-0.2, 0) is 43.0 Å². The molecule has 0 amide bonds. The number of ether oxygens (including phenoxy) is 1. The second-order valence-corrected chi connectivity index (χ2v) is 8.63. The third-order valence-corrected chi connectivity index (χ3v) is 5.76. The predicted octanol–water partition coefficient (Wildman–Crippen LogP) is -2.42. The minimum atomic E-state index is -5.29. The van der Waals surface area contributed by atoms with Crippen molar-refractivity contribution >= 4 is 32.6 Å². The van der Waals surface area contributed by atoms with Crippen LogP contribution in [0.4, 0.5) is 5.82 Å². The molecule has 0 radical (unpaired) electrons. The van der Waals surface area contributed by atoms with Crippen molar-refractivity contribution in [3.63, 3.8) is 0 Å². The zero-order valence-corrected chi connectivity index (χ0v) is 17.7. The van der Waals surface area contributed by atoms with E-state index in [-0.39, 0.29) is 17.0 Å². The molecule has 2 aromatic rings. The molecule has 0 aromatic carbocycles. The molecule has 0 saturated carbocycles. The van der Waals surface area contributed by atoms with Crippen LogP contribution in [0.2, 0.25) is 0 Å². The number of nitrogens with two attached hydrogens (primary N) is 1. The molecule has 0 spiro atoms. The molecule has 3 rings (SSSR count). The minimum absolute atomic E-state index is 0.0856. The molecule has 0 bridgehead atoms. The first kappa shape index (κ1) is 25.1. The fraction of sp³-hybridized carbons (Fsp3) is 0.500. The Morgan fingerprint density at radius 2 is 1.83 bits per heavy atom. The average molecular weight is 511 g/mol. The van der Waals surface area contributed by atoms with Gasteiger partial charge in [0.15, 0.2) is 17.7 Å². The maximum atomic E-state index is 11.5. The molecule has 1 aliphatic heterocycles. The van der Waals surface area contributed by atoms with E-state index in [1.165, 1.54) is 10.9 Å². The first-order valence-corrected chi connectivity index (χ1v) is 11.8. The molecule has 1 fully saturated rings. The van der Waals surface area contributed by atoms with Crippen LogP contribution in [0.15, 0.2) is 12.7 Å². The van der Waals surface area contributed by atoms with E-state index in [1.54, 1.807) is 0 Å². The van der Waals surface area contributed by atoms with Gasteiger partial charge in [-0.25, -0.2) is 24.1 Å². The predicted molar refractivity (Wildman–Crippen MR) is 87.5 cm³/mol. The maximum absolute atomic E-state index is 11.5. The van der Waals surface area contributed by atoms with Crippen LogP contribution in [0.5, 0.6) is 0 Å². The summed E-state index contributed by atoms with van der Waals surface area (Å²) < 4.78 is 52.5. The molecule has 17 nitrogen and oxygen atoms in total. The molecule has 30 heavy (non-hydrogen) atoms. The van der Waals surface area contributed by atoms with Crippen molar-refractivity contribution in [2.75, 3.05) is 12.3 Å². The molecule has 168 valence electrons. The van der Waals surface area contributed by atoms with Crippen LogP contribution in [0.1, 0.15) is 6.23 Å². The number of aliphatic hydroxyl groups excluding tert-OH is 2. The number of phosphoric ester groups is 1. The van der Waals surface area contributed by atoms with E-state index < -0.39 is 63.4 Å². The van der Waals surface area contributed by atoms with Crippen LogP contribution in [0.3, 0.4) is 0 Å². The van der Waals surface area contributed by atoms with Crippen molar-refractivity contribution in [3.8, 4) is 0 Å². The Morgan fingerprint density at radius 1 is 1.20 bits per heavy atom. The van der Waals surface area contributed by atoms with Crippen LogP contribution >= 0.6 is 15.6 Å². The Morgan fingerprint density at radius 3 is 2.43 bits per heavy atom. The molecule has 5 atom stereocenters. The van der Waals surface area contributed by atoms with E-state index in [2.05, 4.69) is 23.8 Å². The second-order valence-electron chi connectivity index (χ2n) is 5.55. The van der Waals surface area contributed by atoms with Gasteiger partial charge < -0.3 is 35.4 Å². The number of hydrogen-bond acceptors (Lipinski definition) is 12. The van der Waals surface area contributed by atoms with Gasteiger partial charge in [-0.15, -0.1) is 0 Å². The summed E-state index contributed by atoms with van der Waals surface area (Å²) in [6.45, 7) is -0.813. The molecular formula is C10H16N5O12P2V. The summed E-state index contributed by atoms with van der Waals surface area (Å²) in [5.41, 5.74) is 6.11. The quantitative estimate of drug-likeness (QED) is 0.199. The van der Waals surface area contributed by atoms with Gasteiger partial charge in [-0.2, -0.15) is 4.31 Å². The van der Waals surface area contributed by atoms with Gasteiger partial charge in [0.05, 0.1) is 12.9 Å². The topological polar surface area (TPSA) is 270 Å². The Balaban J connectivity index is 0.00000101. The van der Waals surface area contributed by atoms with Crippen molar-refractivity contribution < 1.29 is 71.9 Å². The third kappa shape index (κ3) is 6.18. The van der Waals surface area contributed by atoms with E-state index in [0.717, 1.165) is 6.33 Å². The first-order chi connectivity index (χ1) is 13.9. The zero-order chi connectivity index (χ0) is 22.7. The summed E-state index contributed by atoms with van der Waals surface area (Å²) in [7, 11) is -10.4. The average Bonchev–Trinajstić information content (AvgIpc) is 3.15. The van der Waals surface area contributed by atoms with Gasteiger partial charge in [-0.3, -0.25) is 9.09 Å². The van der Waals surface area contributed by atoms with Gasteiger partial charge in [0.1, 0.15) is 30.2 Å². The summed E-state index contributed by atoms with van der Waals surface area (Å²) in [5.74, 6) is 0.0856. The van der Waals surface area contributed by atoms with Crippen molar-refractivity contribution in [2.45, 2.75) is 24.5 Å². The third-order valence-electron chi connectivity index (χ3n) is 3.61. The molecular weight excluding hydrogens is 495 g/mol. The SMILES string of the molecule is Nc1ncnc2c1ncn2[C@@H]1O[C@H](COP(=O)(O)OP(=O)(O)O)[C@@H](O)[C@H]1O.[O]=[V][OH]. The summed E-state index contributed by atoms with van der Waals surface area (Å²) in [5, 5.41) is 20.3. The van der Waals surface area contributed by atoms with Crippen LogP contribution in [-0.4, -0.2) is 73.4 Å². The molecule has 1 saturated heterocycles.